The lowest BCUT2D eigenvalue weighted by atomic mass is 10.0. The number of anilines is 1. The van der Waals surface area contributed by atoms with Gasteiger partial charge in [0.25, 0.3) is 5.91 Å². The molecule has 6 nitrogen and oxygen atoms in total. The Bertz CT molecular complexity index is 937. The zero-order chi connectivity index (χ0) is 18.0. The number of halogens is 1. The van der Waals surface area contributed by atoms with Gasteiger partial charge in [0, 0.05) is 11.1 Å². The number of aryl methyl sites for hydroxylation is 2. The SMILES string of the molecule is COc1ccc(C(=O)Nc2nonc2-c2ccc(C)c(C)c2)cc1Cl. The second-order valence-electron chi connectivity index (χ2n) is 5.56. The van der Waals surface area contributed by atoms with E-state index < -0.39 is 0 Å². The van der Waals surface area contributed by atoms with E-state index in [4.69, 9.17) is 21.0 Å². The number of ether oxygens (including phenoxy) is 1. The summed E-state index contributed by atoms with van der Waals surface area (Å²) in [6, 6.07) is 10.6. The molecule has 0 fully saturated rings. The van der Waals surface area contributed by atoms with Crippen molar-refractivity contribution in [2.24, 2.45) is 0 Å². The molecule has 128 valence electrons. The number of aromatic nitrogens is 2. The highest BCUT2D eigenvalue weighted by Gasteiger charge is 2.17. The molecule has 0 atom stereocenters. The zero-order valence-corrected chi connectivity index (χ0v) is 14.7. The van der Waals surface area contributed by atoms with Gasteiger partial charge in [0.15, 0.2) is 5.69 Å². The largest absolute Gasteiger partial charge is 0.495 e. The minimum atomic E-state index is -0.370. The molecule has 3 rings (SSSR count). The lowest BCUT2D eigenvalue weighted by molar-refractivity contribution is 0.102. The van der Waals surface area contributed by atoms with Crippen LogP contribution in [0.5, 0.6) is 5.75 Å². The van der Waals surface area contributed by atoms with E-state index in [1.165, 1.54) is 18.7 Å². The quantitative estimate of drug-likeness (QED) is 0.754. The van der Waals surface area contributed by atoms with Crippen molar-refractivity contribution in [3.63, 3.8) is 0 Å². The van der Waals surface area contributed by atoms with Crippen LogP contribution in [0.25, 0.3) is 11.3 Å². The van der Waals surface area contributed by atoms with Crippen LogP contribution in [0.2, 0.25) is 5.02 Å². The lowest BCUT2D eigenvalue weighted by Crippen LogP contribution is -2.13. The predicted octanol–water partition coefficient (Wildman–Crippen LogP) is 4.27. The molecule has 25 heavy (non-hydrogen) atoms. The van der Waals surface area contributed by atoms with Gasteiger partial charge in [-0.15, -0.1) is 0 Å². The van der Waals surface area contributed by atoms with Gasteiger partial charge in [-0.3, -0.25) is 4.79 Å². The number of hydrogen-bond acceptors (Lipinski definition) is 5. The first-order chi connectivity index (χ1) is 12.0. The minimum Gasteiger partial charge on any atom is -0.495 e. The maximum Gasteiger partial charge on any atom is 0.257 e. The highest BCUT2D eigenvalue weighted by atomic mass is 35.5. The van der Waals surface area contributed by atoms with Crippen LogP contribution in [0.4, 0.5) is 5.82 Å². The Balaban J connectivity index is 1.87. The molecule has 0 unspecified atom stereocenters. The summed E-state index contributed by atoms with van der Waals surface area (Å²) in [4.78, 5) is 12.4. The first-order valence-corrected chi connectivity index (χ1v) is 7.92. The number of methoxy groups -OCH3 is 1. The molecule has 0 aliphatic carbocycles. The number of amides is 1. The summed E-state index contributed by atoms with van der Waals surface area (Å²) in [6.07, 6.45) is 0. The number of nitrogens with zero attached hydrogens (tertiary/aromatic N) is 2. The van der Waals surface area contributed by atoms with Crippen molar-refractivity contribution in [1.82, 2.24) is 10.3 Å². The van der Waals surface area contributed by atoms with E-state index in [9.17, 15) is 4.79 Å². The van der Waals surface area contributed by atoms with Crippen molar-refractivity contribution in [2.45, 2.75) is 13.8 Å². The zero-order valence-electron chi connectivity index (χ0n) is 14.0. The summed E-state index contributed by atoms with van der Waals surface area (Å²) >= 11 is 6.06. The molecular weight excluding hydrogens is 342 g/mol. The van der Waals surface area contributed by atoms with E-state index in [2.05, 4.69) is 15.6 Å². The number of carbonyl (C=O) groups excluding carboxylic acids is 1. The molecule has 1 amide bonds. The van der Waals surface area contributed by atoms with Crippen molar-refractivity contribution in [2.75, 3.05) is 12.4 Å². The van der Waals surface area contributed by atoms with Crippen LogP contribution in [-0.4, -0.2) is 23.3 Å². The second kappa shape index (κ2) is 6.94. The molecule has 0 spiro atoms. The summed E-state index contributed by atoms with van der Waals surface area (Å²) in [6.45, 7) is 4.03. The van der Waals surface area contributed by atoms with Gasteiger partial charge in [-0.2, -0.15) is 0 Å². The number of rotatable bonds is 4. The third kappa shape index (κ3) is 3.49. The van der Waals surface area contributed by atoms with Crippen molar-refractivity contribution in [3.05, 3.63) is 58.1 Å². The molecule has 1 N–H and O–H groups in total. The standard InChI is InChI=1S/C18H16ClN3O3/c1-10-4-5-12(8-11(10)2)16-17(22-25-21-16)20-18(23)13-6-7-15(24-3)14(19)9-13/h4-9H,1-3H3,(H,20,22,23). The Morgan fingerprint density at radius 3 is 2.60 bits per heavy atom. The molecule has 1 heterocycles. The van der Waals surface area contributed by atoms with Crippen molar-refractivity contribution < 1.29 is 14.2 Å². The van der Waals surface area contributed by atoms with Gasteiger partial charge in [0.2, 0.25) is 5.82 Å². The molecule has 7 heteroatoms. The van der Waals surface area contributed by atoms with Crippen LogP contribution in [0.3, 0.4) is 0 Å². The fourth-order valence-electron chi connectivity index (χ4n) is 2.34. The summed E-state index contributed by atoms with van der Waals surface area (Å²) in [5.74, 6) is 0.377. The molecule has 2 aromatic carbocycles. The van der Waals surface area contributed by atoms with E-state index >= 15 is 0 Å². The van der Waals surface area contributed by atoms with Gasteiger partial charge in [-0.25, -0.2) is 4.63 Å². The molecular formula is C18H16ClN3O3. The molecule has 0 aliphatic heterocycles. The monoisotopic (exact) mass is 357 g/mol. The summed E-state index contributed by atoms with van der Waals surface area (Å²) < 4.78 is 9.89. The Labute approximate surface area is 149 Å². The van der Waals surface area contributed by atoms with Crippen LogP contribution in [0, 0.1) is 13.8 Å². The highest BCUT2D eigenvalue weighted by Crippen LogP contribution is 2.28. The Hall–Kier alpha value is -2.86. The summed E-state index contributed by atoms with van der Waals surface area (Å²) in [5, 5.41) is 10.7. The maximum absolute atomic E-state index is 12.4. The van der Waals surface area contributed by atoms with Crippen LogP contribution in [0.1, 0.15) is 21.5 Å². The maximum atomic E-state index is 12.4. The number of benzene rings is 2. The molecule has 0 aliphatic rings. The van der Waals surface area contributed by atoms with Gasteiger partial charge in [0.1, 0.15) is 5.75 Å². The van der Waals surface area contributed by atoms with Gasteiger partial charge in [-0.05, 0) is 59.6 Å². The average molecular weight is 358 g/mol. The van der Waals surface area contributed by atoms with Gasteiger partial charge in [0.05, 0.1) is 12.1 Å². The molecule has 1 aromatic heterocycles. The lowest BCUT2D eigenvalue weighted by Gasteiger charge is -2.07. The second-order valence-corrected chi connectivity index (χ2v) is 5.97. The number of nitrogens with one attached hydrogen (secondary N) is 1. The smallest absolute Gasteiger partial charge is 0.257 e. The number of carbonyl (C=O) groups is 1. The minimum absolute atomic E-state index is 0.250. The number of hydrogen-bond donors (Lipinski definition) is 1. The molecule has 0 radical (unpaired) electrons. The third-order valence-electron chi connectivity index (χ3n) is 3.91. The summed E-state index contributed by atoms with van der Waals surface area (Å²) in [7, 11) is 1.51. The van der Waals surface area contributed by atoms with E-state index in [1.807, 2.05) is 32.0 Å². The van der Waals surface area contributed by atoms with Crippen molar-refractivity contribution in [1.29, 1.82) is 0 Å². The highest BCUT2D eigenvalue weighted by molar-refractivity contribution is 6.32. The fourth-order valence-corrected chi connectivity index (χ4v) is 2.59. The fraction of sp³-hybridized carbons (Fsp3) is 0.167. The van der Waals surface area contributed by atoms with Crippen LogP contribution >= 0.6 is 11.6 Å². The molecule has 3 aromatic rings. The van der Waals surface area contributed by atoms with Crippen LogP contribution in [0.15, 0.2) is 41.0 Å². The normalized spacial score (nSPS) is 10.6. The Kier molecular flexibility index (Phi) is 4.72. The average Bonchev–Trinajstić information content (AvgIpc) is 3.05. The topological polar surface area (TPSA) is 77.2 Å². The van der Waals surface area contributed by atoms with Crippen LogP contribution < -0.4 is 10.1 Å². The molecule has 0 saturated carbocycles. The first kappa shape index (κ1) is 17.0. The first-order valence-electron chi connectivity index (χ1n) is 7.54. The Morgan fingerprint density at radius 1 is 1.12 bits per heavy atom. The van der Waals surface area contributed by atoms with Crippen molar-refractivity contribution in [3.8, 4) is 17.0 Å². The van der Waals surface area contributed by atoms with Crippen LogP contribution in [-0.2, 0) is 0 Å². The van der Waals surface area contributed by atoms with Gasteiger partial charge >= 0.3 is 0 Å². The van der Waals surface area contributed by atoms with Crippen molar-refractivity contribution >= 4 is 23.3 Å². The molecule has 0 bridgehead atoms. The van der Waals surface area contributed by atoms with E-state index in [0.717, 1.165) is 11.1 Å². The predicted molar refractivity (Wildman–Crippen MR) is 95.2 cm³/mol. The van der Waals surface area contributed by atoms with E-state index in [-0.39, 0.29) is 11.7 Å². The Morgan fingerprint density at radius 2 is 1.92 bits per heavy atom. The van der Waals surface area contributed by atoms with Gasteiger partial charge < -0.3 is 10.1 Å². The third-order valence-corrected chi connectivity index (χ3v) is 4.21. The van der Waals surface area contributed by atoms with E-state index in [1.54, 1.807) is 12.1 Å². The summed E-state index contributed by atoms with van der Waals surface area (Å²) in [5.41, 5.74) is 3.93. The van der Waals surface area contributed by atoms with Gasteiger partial charge in [-0.1, -0.05) is 23.7 Å². The van der Waals surface area contributed by atoms with E-state index in [0.29, 0.717) is 22.0 Å². The molecule has 0 saturated heterocycles.